The third-order valence-corrected chi connectivity index (χ3v) is 11.1. The molecule has 11 nitrogen and oxygen atoms in total. The summed E-state index contributed by atoms with van der Waals surface area (Å²) in [4.78, 5) is 56.3. The molecule has 3 N–H and O–H groups in total. The van der Waals surface area contributed by atoms with E-state index in [1.807, 2.05) is 34.1 Å². The molecule has 0 spiro atoms. The molecule has 288 valence electrons. The number of rotatable bonds is 10. The lowest BCUT2D eigenvalue weighted by molar-refractivity contribution is -0.192. The Morgan fingerprint density at radius 1 is 0.925 bits per heavy atom. The van der Waals surface area contributed by atoms with E-state index >= 15 is 0 Å². The van der Waals surface area contributed by atoms with Gasteiger partial charge in [0.15, 0.2) is 0 Å². The van der Waals surface area contributed by atoms with Crippen LogP contribution in [-0.2, 0) is 20.7 Å². The minimum atomic E-state index is -5.08. The SMILES string of the molecule is Cc1ccc2cc(C(=O)NC3(C(=O)N[C@@H](CCCN4CCN(C(=O)N5CCOCC5)CC4)Cc4ccccc4)CCCC3)sc2c1.O=C(O)C(F)(F)F. The lowest BCUT2D eigenvalue weighted by Gasteiger charge is -2.38. The molecule has 3 aliphatic rings. The van der Waals surface area contributed by atoms with E-state index in [2.05, 4.69) is 52.8 Å². The molecule has 3 heterocycles. The maximum atomic E-state index is 14.1. The Bertz CT molecular complexity index is 1700. The van der Waals surface area contributed by atoms with Gasteiger partial charge in [-0.25, -0.2) is 9.59 Å². The first kappa shape index (κ1) is 40.0. The van der Waals surface area contributed by atoms with Crippen LogP contribution in [-0.4, -0.2) is 120 Å². The van der Waals surface area contributed by atoms with Crippen molar-refractivity contribution in [1.82, 2.24) is 25.3 Å². The number of carbonyl (C=O) groups is 4. The maximum Gasteiger partial charge on any atom is 0.490 e. The number of hydrogen-bond donors (Lipinski definition) is 3. The molecule has 0 unspecified atom stereocenters. The van der Waals surface area contributed by atoms with Crippen molar-refractivity contribution in [2.24, 2.45) is 0 Å². The van der Waals surface area contributed by atoms with Crippen molar-refractivity contribution >= 4 is 45.2 Å². The van der Waals surface area contributed by atoms with E-state index in [1.165, 1.54) is 22.5 Å². The number of piperazine rings is 1. The number of hydrogen-bond acceptors (Lipinski definition) is 7. The topological polar surface area (TPSA) is 132 Å². The predicted molar refractivity (Wildman–Crippen MR) is 196 cm³/mol. The summed E-state index contributed by atoms with van der Waals surface area (Å²) in [5.74, 6) is -2.99. The number of fused-ring (bicyclic) bond motifs is 1. The number of alkyl halides is 3. The van der Waals surface area contributed by atoms with Crippen LogP contribution in [0.1, 0.15) is 59.3 Å². The summed E-state index contributed by atoms with van der Waals surface area (Å²) in [7, 11) is 0. The molecule has 3 fully saturated rings. The lowest BCUT2D eigenvalue weighted by atomic mass is 9.94. The summed E-state index contributed by atoms with van der Waals surface area (Å²) < 4.78 is 38.2. The van der Waals surface area contributed by atoms with Gasteiger partial charge in [-0.2, -0.15) is 13.2 Å². The number of carboxylic acid groups (broad SMARTS) is 1. The fourth-order valence-corrected chi connectivity index (χ4v) is 8.10. The monoisotopic (exact) mass is 759 g/mol. The van der Waals surface area contributed by atoms with Crippen molar-refractivity contribution in [3.63, 3.8) is 0 Å². The third kappa shape index (κ3) is 11.2. The van der Waals surface area contributed by atoms with E-state index in [0.29, 0.717) is 44.0 Å². The minimum Gasteiger partial charge on any atom is -0.475 e. The molecule has 1 atom stereocenters. The molecule has 1 aromatic heterocycles. The number of benzene rings is 2. The Labute approximate surface area is 311 Å². The van der Waals surface area contributed by atoms with Crippen molar-refractivity contribution in [2.45, 2.75) is 69.6 Å². The summed E-state index contributed by atoms with van der Waals surface area (Å²) >= 11 is 1.48. The highest BCUT2D eigenvalue weighted by Gasteiger charge is 2.43. The molecule has 1 aliphatic carbocycles. The highest BCUT2D eigenvalue weighted by Crippen LogP contribution is 2.33. The lowest BCUT2D eigenvalue weighted by Crippen LogP contribution is -2.59. The summed E-state index contributed by atoms with van der Waals surface area (Å²) in [6.07, 6.45) is 0.586. The largest absolute Gasteiger partial charge is 0.490 e. The average Bonchev–Trinajstić information content (AvgIpc) is 3.80. The number of aliphatic carboxylic acids is 1. The Morgan fingerprint density at radius 2 is 1.57 bits per heavy atom. The van der Waals surface area contributed by atoms with Crippen molar-refractivity contribution in [3.8, 4) is 0 Å². The number of ether oxygens (including phenoxy) is 1. The molecule has 0 bridgehead atoms. The molecule has 3 aromatic rings. The molecule has 2 saturated heterocycles. The van der Waals surface area contributed by atoms with Crippen LogP contribution in [0.2, 0.25) is 0 Å². The standard InChI is InChI=1S/C36H47N5O4S.C2HF3O2/c1-27-11-12-29-26-32(46-31(29)24-27)33(42)38-36(13-5-6-14-36)34(43)37-30(25-28-8-3-2-4-9-28)10-7-15-39-16-18-40(19-17-39)35(44)41-20-22-45-23-21-41;3-2(4,5)1(6)7/h2-4,8-9,11-12,24,26,30H,5-7,10,13-23,25H2,1H3,(H,37,43)(H,38,42);(H,6,7)/t30-;/m0./s1. The average molecular weight is 760 g/mol. The molecule has 0 radical (unpaired) electrons. The smallest absolute Gasteiger partial charge is 0.475 e. The molecule has 6 rings (SSSR count). The van der Waals surface area contributed by atoms with Crippen molar-refractivity contribution in [1.29, 1.82) is 0 Å². The third-order valence-electron chi connectivity index (χ3n) is 10.00. The second kappa shape index (κ2) is 18.2. The molecule has 2 aliphatic heterocycles. The molecular formula is C38H48F3N5O6S. The number of nitrogens with zero attached hydrogens (tertiary/aromatic N) is 3. The number of nitrogens with one attached hydrogen (secondary N) is 2. The highest BCUT2D eigenvalue weighted by atomic mass is 32.1. The number of thiophene rings is 1. The normalized spacial score (nSPS) is 18.2. The summed E-state index contributed by atoms with van der Waals surface area (Å²) in [6.45, 7) is 8.75. The van der Waals surface area contributed by atoms with Crippen LogP contribution in [0.3, 0.4) is 0 Å². The van der Waals surface area contributed by atoms with Gasteiger partial charge in [0, 0.05) is 50.0 Å². The van der Waals surface area contributed by atoms with Crippen LogP contribution < -0.4 is 10.6 Å². The fourth-order valence-electron chi connectivity index (χ4n) is 7.04. The minimum absolute atomic E-state index is 0.0410. The maximum absolute atomic E-state index is 14.1. The van der Waals surface area contributed by atoms with E-state index in [-0.39, 0.29) is 23.9 Å². The first-order valence-corrected chi connectivity index (χ1v) is 19.0. The molecule has 53 heavy (non-hydrogen) atoms. The van der Waals surface area contributed by atoms with Gasteiger partial charge in [0.05, 0.1) is 18.1 Å². The molecule has 15 heteroatoms. The molecular weight excluding hydrogens is 712 g/mol. The van der Waals surface area contributed by atoms with Gasteiger partial charge in [-0.15, -0.1) is 11.3 Å². The van der Waals surface area contributed by atoms with E-state index in [9.17, 15) is 27.6 Å². The number of aryl methyl sites for hydroxylation is 1. The van der Waals surface area contributed by atoms with Crippen molar-refractivity contribution in [3.05, 3.63) is 70.6 Å². The second-order valence-electron chi connectivity index (χ2n) is 13.9. The van der Waals surface area contributed by atoms with Gasteiger partial charge >= 0.3 is 18.2 Å². The number of carbonyl (C=O) groups excluding carboxylic acids is 3. The van der Waals surface area contributed by atoms with Gasteiger partial charge in [0.25, 0.3) is 5.91 Å². The molecule has 2 aromatic carbocycles. The van der Waals surface area contributed by atoms with Crippen LogP contribution in [0.15, 0.2) is 54.6 Å². The molecule has 1 saturated carbocycles. The van der Waals surface area contributed by atoms with Crippen molar-refractivity contribution in [2.75, 3.05) is 59.0 Å². The number of amides is 4. The second-order valence-corrected chi connectivity index (χ2v) is 15.0. The van der Waals surface area contributed by atoms with Gasteiger partial charge in [-0.1, -0.05) is 55.3 Å². The van der Waals surface area contributed by atoms with E-state index in [1.54, 1.807) is 0 Å². The Kier molecular flexibility index (Phi) is 13.7. The quantitative estimate of drug-likeness (QED) is 0.250. The van der Waals surface area contributed by atoms with E-state index < -0.39 is 17.7 Å². The van der Waals surface area contributed by atoms with Gasteiger partial charge in [-0.05, 0) is 74.2 Å². The number of carboxylic acids is 1. The fraction of sp³-hybridized carbons (Fsp3) is 0.526. The number of urea groups is 1. The zero-order chi connectivity index (χ0) is 38.0. The number of halogens is 3. The zero-order valence-corrected chi connectivity index (χ0v) is 30.8. The summed E-state index contributed by atoms with van der Waals surface area (Å²) in [6, 6.07) is 18.6. The van der Waals surface area contributed by atoms with Gasteiger partial charge in [0.1, 0.15) is 5.54 Å². The van der Waals surface area contributed by atoms with Gasteiger partial charge < -0.3 is 30.3 Å². The first-order valence-electron chi connectivity index (χ1n) is 18.1. The summed E-state index contributed by atoms with van der Waals surface area (Å²) in [5.41, 5.74) is 1.47. The van der Waals surface area contributed by atoms with Crippen LogP contribution in [0, 0.1) is 6.92 Å². The Balaban J connectivity index is 0.000000705. The van der Waals surface area contributed by atoms with Gasteiger partial charge in [-0.3, -0.25) is 14.5 Å². The van der Waals surface area contributed by atoms with E-state index in [4.69, 9.17) is 14.6 Å². The zero-order valence-electron chi connectivity index (χ0n) is 30.0. The number of morpholine rings is 1. The summed E-state index contributed by atoms with van der Waals surface area (Å²) in [5, 5.41) is 14.8. The Hall–Kier alpha value is -4.21. The Morgan fingerprint density at radius 3 is 2.21 bits per heavy atom. The first-order chi connectivity index (χ1) is 25.3. The van der Waals surface area contributed by atoms with Gasteiger partial charge in [0.2, 0.25) is 5.91 Å². The van der Waals surface area contributed by atoms with Crippen LogP contribution in [0.5, 0.6) is 0 Å². The molecule has 4 amide bonds. The predicted octanol–water partition coefficient (Wildman–Crippen LogP) is 5.46. The van der Waals surface area contributed by atoms with Crippen LogP contribution in [0.25, 0.3) is 10.1 Å². The van der Waals surface area contributed by atoms with Crippen LogP contribution in [0.4, 0.5) is 18.0 Å². The van der Waals surface area contributed by atoms with E-state index in [0.717, 1.165) is 74.9 Å². The van der Waals surface area contributed by atoms with Crippen molar-refractivity contribution < 1.29 is 42.2 Å². The van der Waals surface area contributed by atoms with Crippen LogP contribution >= 0.6 is 11.3 Å². The highest BCUT2D eigenvalue weighted by molar-refractivity contribution is 7.20.